The van der Waals surface area contributed by atoms with Crippen LogP contribution in [-0.4, -0.2) is 49.8 Å². The maximum atomic E-state index is 13.7. The van der Waals surface area contributed by atoms with Gasteiger partial charge in [-0.1, -0.05) is 12.1 Å². The van der Waals surface area contributed by atoms with E-state index in [1.54, 1.807) is 24.8 Å². The number of carbonyl (C=O) groups is 2. The predicted molar refractivity (Wildman–Crippen MR) is 126 cm³/mol. The minimum atomic E-state index is -3.97. The van der Waals surface area contributed by atoms with Crippen molar-refractivity contribution >= 4 is 33.2 Å². The smallest absolute Gasteiger partial charge is 0.265 e. The Kier molecular flexibility index (Phi) is 6.20. The van der Waals surface area contributed by atoms with Crippen LogP contribution in [0.5, 0.6) is 5.75 Å². The fourth-order valence-electron chi connectivity index (χ4n) is 4.46. The summed E-state index contributed by atoms with van der Waals surface area (Å²) >= 11 is 0. The molecule has 2 atom stereocenters. The number of hydrogen-bond acceptors (Lipinski definition) is 5. The Morgan fingerprint density at radius 1 is 1.24 bits per heavy atom. The van der Waals surface area contributed by atoms with Crippen LogP contribution in [0.2, 0.25) is 0 Å². The molecule has 0 saturated carbocycles. The fourth-order valence-corrected chi connectivity index (χ4v) is 6.34. The molecule has 8 nitrogen and oxygen atoms in total. The van der Waals surface area contributed by atoms with Gasteiger partial charge in [0.2, 0.25) is 15.9 Å². The summed E-state index contributed by atoms with van der Waals surface area (Å²) in [5, 5.41) is 2.74. The number of nitrogens with one attached hydrogen (secondary N) is 1. The average molecular weight is 472 g/mol. The summed E-state index contributed by atoms with van der Waals surface area (Å²) in [6.07, 6.45) is 0.354. The first-order valence-corrected chi connectivity index (χ1v) is 12.6. The molecule has 2 unspecified atom stereocenters. The number of anilines is 2. The number of rotatable bonds is 5. The minimum absolute atomic E-state index is 0.0860. The van der Waals surface area contributed by atoms with Crippen LogP contribution in [0.15, 0.2) is 41.3 Å². The first kappa shape index (κ1) is 23.3. The molecule has 2 amide bonds. The van der Waals surface area contributed by atoms with Gasteiger partial charge in [-0.2, -0.15) is 4.31 Å². The Balaban J connectivity index is 1.67. The molecule has 1 saturated heterocycles. The number of benzene rings is 2. The van der Waals surface area contributed by atoms with Crippen LogP contribution in [0.25, 0.3) is 0 Å². The van der Waals surface area contributed by atoms with Gasteiger partial charge in [0.05, 0.1) is 10.6 Å². The van der Waals surface area contributed by atoms with E-state index in [4.69, 9.17) is 4.74 Å². The maximum absolute atomic E-state index is 13.7. The van der Waals surface area contributed by atoms with Gasteiger partial charge in [-0.25, -0.2) is 8.42 Å². The monoisotopic (exact) mass is 471 g/mol. The first-order chi connectivity index (χ1) is 15.6. The van der Waals surface area contributed by atoms with Crippen LogP contribution in [-0.2, 0) is 19.6 Å². The van der Waals surface area contributed by atoms with Gasteiger partial charge in [-0.05, 0) is 69.9 Å². The van der Waals surface area contributed by atoms with Crippen LogP contribution in [0, 0.1) is 13.8 Å². The molecule has 0 aliphatic carbocycles. The lowest BCUT2D eigenvalue weighted by molar-refractivity contribution is -0.123. The van der Waals surface area contributed by atoms with Crippen molar-refractivity contribution in [2.75, 3.05) is 23.3 Å². The second-order valence-corrected chi connectivity index (χ2v) is 10.4. The number of sulfonamides is 1. The summed E-state index contributed by atoms with van der Waals surface area (Å²) in [6, 6.07) is 9.92. The second-order valence-electron chi connectivity index (χ2n) is 8.56. The number of nitrogens with zero attached hydrogens (tertiary/aromatic N) is 2. The molecule has 2 aliphatic rings. The van der Waals surface area contributed by atoms with E-state index in [1.807, 2.05) is 38.1 Å². The molecule has 2 aromatic rings. The number of hydrogen-bond donors (Lipinski definition) is 1. The summed E-state index contributed by atoms with van der Waals surface area (Å²) in [7, 11) is -3.97. The normalized spacial score (nSPS) is 20.7. The molecule has 0 bridgehead atoms. The van der Waals surface area contributed by atoms with Gasteiger partial charge < -0.3 is 15.0 Å². The number of amides is 2. The van der Waals surface area contributed by atoms with E-state index in [1.165, 1.54) is 10.4 Å². The molecule has 2 aromatic carbocycles. The molecule has 0 radical (unpaired) electrons. The minimum Gasteiger partial charge on any atom is -0.479 e. The van der Waals surface area contributed by atoms with E-state index in [0.29, 0.717) is 36.4 Å². The van der Waals surface area contributed by atoms with Crippen molar-refractivity contribution in [3.05, 3.63) is 47.5 Å². The average Bonchev–Trinajstić information content (AvgIpc) is 3.26. The summed E-state index contributed by atoms with van der Waals surface area (Å²) in [6.45, 7) is 7.83. The molecule has 0 aromatic heterocycles. The van der Waals surface area contributed by atoms with Gasteiger partial charge in [0.1, 0.15) is 11.8 Å². The summed E-state index contributed by atoms with van der Waals surface area (Å²) in [4.78, 5) is 27.2. The van der Waals surface area contributed by atoms with E-state index in [2.05, 4.69) is 5.32 Å². The zero-order chi connectivity index (χ0) is 23.9. The maximum Gasteiger partial charge on any atom is 0.265 e. The molecule has 2 aliphatic heterocycles. The summed E-state index contributed by atoms with van der Waals surface area (Å²) in [5.74, 6) is -0.196. The van der Waals surface area contributed by atoms with Crippen LogP contribution in [0.3, 0.4) is 0 Å². The number of aryl methyl sites for hydroxylation is 2. The highest BCUT2D eigenvalue weighted by molar-refractivity contribution is 7.89. The third-order valence-corrected chi connectivity index (χ3v) is 8.23. The largest absolute Gasteiger partial charge is 0.479 e. The van der Waals surface area contributed by atoms with Crippen molar-refractivity contribution in [2.45, 2.75) is 57.6 Å². The van der Waals surface area contributed by atoms with Gasteiger partial charge >= 0.3 is 0 Å². The van der Waals surface area contributed by atoms with Gasteiger partial charge in [0, 0.05) is 24.8 Å². The van der Waals surface area contributed by atoms with Crippen molar-refractivity contribution in [1.29, 1.82) is 0 Å². The Labute approximate surface area is 194 Å². The van der Waals surface area contributed by atoms with Crippen molar-refractivity contribution in [2.24, 2.45) is 0 Å². The fraction of sp³-hybridized carbons (Fsp3) is 0.417. The standard InChI is InChI=1S/C24H29N3O5S/c1-5-26(18-9-6-8-15(2)12-18)24(29)20-10-7-11-27(20)33(30,31)22-14-21-19(13-16(22)3)25-23(28)17(4)32-21/h6,8-9,12-14,17,20H,5,7,10-11H2,1-4H3,(H,25,28). The lowest BCUT2D eigenvalue weighted by Crippen LogP contribution is -2.48. The van der Waals surface area contributed by atoms with Gasteiger partial charge in [0.25, 0.3) is 5.91 Å². The van der Waals surface area contributed by atoms with E-state index < -0.39 is 22.2 Å². The molecule has 33 heavy (non-hydrogen) atoms. The molecule has 0 spiro atoms. The van der Waals surface area contributed by atoms with Crippen LogP contribution < -0.4 is 15.0 Å². The van der Waals surface area contributed by atoms with Crippen LogP contribution >= 0.6 is 0 Å². The van der Waals surface area contributed by atoms with E-state index >= 15 is 0 Å². The van der Waals surface area contributed by atoms with Crippen LogP contribution in [0.4, 0.5) is 11.4 Å². The zero-order valence-electron chi connectivity index (χ0n) is 19.3. The highest BCUT2D eigenvalue weighted by Crippen LogP contribution is 2.37. The summed E-state index contributed by atoms with van der Waals surface area (Å²) in [5.41, 5.74) is 2.71. The number of ether oxygens (including phenoxy) is 1. The van der Waals surface area contributed by atoms with Crippen molar-refractivity contribution in [1.82, 2.24) is 4.31 Å². The molecule has 4 rings (SSSR count). The topological polar surface area (TPSA) is 96.0 Å². The SMILES string of the molecule is CCN(C(=O)C1CCCN1S(=O)(=O)c1cc2c(cc1C)NC(=O)C(C)O2)c1cccc(C)c1. The van der Waals surface area contributed by atoms with E-state index in [9.17, 15) is 18.0 Å². The third-order valence-electron chi connectivity index (χ3n) is 6.18. The lowest BCUT2D eigenvalue weighted by atomic mass is 10.1. The molecule has 2 heterocycles. The van der Waals surface area contributed by atoms with Crippen molar-refractivity contribution in [3.63, 3.8) is 0 Å². The summed E-state index contributed by atoms with van der Waals surface area (Å²) < 4.78 is 34.4. The van der Waals surface area contributed by atoms with Gasteiger partial charge in [-0.15, -0.1) is 0 Å². The lowest BCUT2D eigenvalue weighted by Gasteiger charge is -2.30. The van der Waals surface area contributed by atoms with Gasteiger partial charge in [-0.3, -0.25) is 9.59 Å². The quantitative estimate of drug-likeness (QED) is 0.722. The second kappa shape index (κ2) is 8.79. The Morgan fingerprint density at radius 2 is 2.00 bits per heavy atom. The number of likely N-dealkylation sites (N-methyl/N-ethyl adjacent to an activating group) is 1. The molecule has 1 N–H and O–H groups in total. The predicted octanol–water partition coefficient (Wildman–Crippen LogP) is 3.23. The van der Waals surface area contributed by atoms with E-state index in [-0.39, 0.29) is 23.3 Å². The highest BCUT2D eigenvalue weighted by Gasteiger charge is 2.42. The highest BCUT2D eigenvalue weighted by atomic mass is 32.2. The molecule has 1 fully saturated rings. The molecular weight excluding hydrogens is 442 g/mol. The number of carbonyl (C=O) groups excluding carboxylic acids is 2. The number of fused-ring (bicyclic) bond motifs is 1. The van der Waals surface area contributed by atoms with Crippen molar-refractivity contribution < 1.29 is 22.7 Å². The zero-order valence-corrected chi connectivity index (χ0v) is 20.1. The Morgan fingerprint density at radius 3 is 2.70 bits per heavy atom. The van der Waals surface area contributed by atoms with Crippen molar-refractivity contribution in [3.8, 4) is 5.75 Å². The Hall–Kier alpha value is -2.91. The third kappa shape index (κ3) is 4.22. The molecule has 176 valence electrons. The van der Waals surface area contributed by atoms with Crippen LogP contribution in [0.1, 0.15) is 37.8 Å². The molecular formula is C24H29N3O5S. The van der Waals surface area contributed by atoms with Gasteiger partial charge in [0.15, 0.2) is 6.10 Å². The van der Waals surface area contributed by atoms with E-state index in [0.717, 1.165) is 11.3 Å². The Bertz CT molecular complexity index is 1210. The molecule has 9 heteroatoms. The first-order valence-electron chi connectivity index (χ1n) is 11.2.